The Bertz CT molecular complexity index is 685. The molecule has 128 valence electrons. The minimum atomic E-state index is -0.437. The highest BCUT2D eigenvalue weighted by atomic mass is 19.1. The number of hydrogen-bond acceptors (Lipinski definition) is 3. The predicted octanol–water partition coefficient (Wildman–Crippen LogP) is 3.53. The molecule has 0 atom stereocenters. The van der Waals surface area contributed by atoms with Gasteiger partial charge in [0.25, 0.3) is 0 Å². The molecule has 2 aromatic carbocycles. The van der Waals surface area contributed by atoms with Gasteiger partial charge >= 0.3 is 0 Å². The number of benzene rings is 2. The third kappa shape index (κ3) is 4.30. The molecule has 0 aliphatic carbocycles. The molecule has 2 N–H and O–H groups in total. The van der Waals surface area contributed by atoms with Gasteiger partial charge in [0.1, 0.15) is 11.6 Å². The number of piperidine rings is 1. The molecular weight excluding hydrogens is 310 g/mol. The van der Waals surface area contributed by atoms with Crippen LogP contribution in [0.4, 0.5) is 14.5 Å². The molecule has 2 aromatic rings. The lowest BCUT2D eigenvalue weighted by atomic mass is 10.1. The zero-order chi connectivity index (χ0) is 16.9. The normalized spacial score (nSPS) is 16.3. The van der Waals surface area contributed by atoms with Crippen molar-refractivity contribution in [1.82, 2.24) is 4.90 Å². The van der Waals surface area contributed by atoms with Crippen LogP contribution in [-0.2, 0) is 13.1 Å². The van der Waals surface area contributed by atoms with Crippen molar-refractivity contribution in [3.8, 4) is 0 Å². The number of para-hydroxylation sites is 1. The van der Waals surface area contributed by atoms with E-state index in [2.05, 4.69) is 10.2 Å². The van der Waals surface area contributed by atoms with E-state index in [1.54, 1.807) is 0 Å². The van der Waals surface area contributed by atoms with Gasteiger partial charge in [-0.15, -0.1) is 0 Å². The highest BCUT2D eigenvalue weighted by molar-refractivity contribution is 5.51. The Morgan fingerprint density at radius 2 is 1.79 bits per heavy atom. The van der Waals surface area contributed by atoms with Gasteiger partial charge in [-0.3, -0.25) is 4.90 Å². The summed E-state index contributed by atoms with van der Waals surface area (Å²) in [6, 6.07) is 11.4. The zero-order valence-corrected chi connectivity index (χ0v) is 13.5. The first kappa shape index (κ1) is 16.9. The smallest absolute Gasteiger partial charge is 0.128 e. The fourth-order valence-electron chi connectivity index (χ4n) is 3.02. The topological polar surface area (TPSA) is 35.5 Å². The van der Waals surface area contributed by atoms with Gasteiger partial charge in [0.15, 0.2) is 0 Å². The highest BCUT2D eigenvalue weighted by Gasteiger charge is 2.17. The monoisotopic (exact) mass is 332 g/mol. The SMILES string of the molecule is OC1CCN(Cc2ccccc2NCc2cc(F)ccc2F)CC1. The fraction of sp³-hybridized carbons (Fsp3) is 0.368. The van der Waals surface area contributed by atoms with E-state index < -0.39 is 11.6 Å². The van der Waals surface area contributed by atoms with Crippen LogP contribution in [0.2, 0.25) is 0 Å². The van der Waals surface area contributed by atoms with Crippen LogP contribution in [0.5, 0.6) is 0 Å². The molecule has 0 saturated carbocycles. The van der Waals surface area contributed by atoms with E-state index in [-0.39, 0.29) is 12.6 Å². The van der Waals surface area contributed by atoms with Crippen LogP contribution in [0.1, 0.15) is 24.0 Å². The third-order valence-corrected chi connectivity index (χ3v) is 4.45. The molecule has 0 amide bonds. The summed E-state index contributed by atoms with van der Waals surface area (Å²) in [6.45, 7) is 2.75. The first-order valence-corrected chi connectivity index (χ1v) is 8.28. The Kier molecular flexibility index (Phi) is 5.43. The van der Waals surface area contributed by atoms with Crippen molar-refractivity contribution in [1.29, 1.82) is 0 Å². The van der Waals surface area contributed by atoms with E-state index in [1.807, 2.05) is 24.3 Å². The number of halogens is 2. The molecule has 0 radical (unpaired) electrons. The number of rotatable bonds is 5. The summed E-state index contributed by atoms with van der Waals surface area (Å²) < 4.78 is 27.0. The van der Waals surface area contributed by atoms with E-state index >= 15 is 0 Å². The molecule has 3 rings (SSSR count). The van der Waals surface area contributed by atoms with E-state index in [9.17, 15) is 13.9 Å². The average Bonchev–Trinajstić information content (AvgIpc) is 2.59. The van der Waals surface area contributed by atoms with E-state index in [0.29, 0.717) is 5.56 Å². The van der Waals surface area contributed by atoms with Crippen LogP contribution in [-0.4, -0.2) is 29.2 Å². The molecule has 0 unspecified atom stereocenters. The third-order valence-electron chi connectivity index (χ3n) is 4.45. The minimum Gasteiger partial charge on any atom is -0.393 e. The lowest BCUT2D eigenvalue weighted by molar-refractivity contribution is 0.0793. The maximum Gasteiger partial charge on any atom is 0.128 e. The van der Waals surface area contributed by atoms with Gasteiger partial charge in [-0.1, -0.05) is 18.2 Å². The molecule has 0 bridgehead atoms. The molecule has 1 aliphatic rings. The molecule has 1 aliphatic heterocycles. The molecule has 1 saturated heterocycles. The van der Waals surface area contributed by atoms with Gasteiger partial charge in [-0.25, -0.2) is 8.78 Å². The number of hydrogen-bond donors (Lipinski definition) is 2. The van der Waals surface area contributed by atoms with Crippen molar-refractivity contribution in [2.45, 2.75) is 32.0 Å². The quantitative estimate of drug-likeness (QED) is 0.879. The Morgan fingerprint density at radius 1 is 1.04 bits per heavy atom. The van der Waals surface area contributed by atoms with Crippen molar-refractivity contribution in [2.24, 2.45) is 0 Å². The van der Waals surface area contributed by atoms with Crippen molar-refractivity contribution in [2.75, 3.05) is 18.4 Å². The summed E-state index contributed by atoms with van der Waals surface area (Å²) in [5, 5.41) is 12.8. The Hall–Kier alpha value is -1.98. The number of nitrogens with zero attached hydrogens (tertiary/aromatic N) is 1. The lowest BCUT2D eigenvalue weighted by Gasteiger charge is -2.30. The molecule has 1 fully saturated rings. The number of aliphatic hydroxyl groups is 1. The van der Waals surface area contributed by atoms with Gasteiger partial charge in [-0.05, 0) is 42.7 Å². The van der Waals surface area contributed by atoms with Gasteiger partial charge < -0.3 is 10.4 Å². The molecule has 0 spiro atoms. The van der Waals surface area contributed by atoms with E-state index in [0.717, 1.165) is 55.9 Å². The number of nitrogens with one attached hydrogen (secondary N) is 1. The van der Waals surface area contributed by atoms with Crippen LogP contribution in [0, 0.1) is 11.6 Å². The van der Waals surface area contributed by atoms with Crippen LogP contribution >= 0.6 is 0 Å². The van der Waals surface area contributed by atoms with Gasteiger partial charge in [0, 0.05) is 37.4 Å². The summed E-state index contributed by atoms with van der Waals surface area (Å²) in [4.78, 5) is 2.30. The van der Waals surface area contributed by atoms with Gasteiger partial charge in [-0.2, -0.15) is 0 Å². The van der Waals surface area contributed by atoms with Gasteiger partial charge in [0.2, 0.25) is 0 Å². The Balaban J connectivity index is 1.66. The van der Waals surface area contributed by atoms with E-state index in [4.69, 9.17) is 0 Å². The highest BCUT2D eigenvalue weighted by Crippen LogP contribution is 2.21. The second-order valence-corrected chi connectivity index (χ2v) is 6.25. The number of anilines is 1. The summed E-state index contributed by atoms with van der Waals surface area (Å²) >= 11 is 0. The number of aliphatic hydroxyl groups excluding tert-OH is 1. The summed E-state index contributed by atoms with van der Waals surface area (Å²) in [6.07, 6.45) is 1.40. The maximum absolute atomic E-state index is 13.7. The second-order valence-electron chi connectivity index (χ2n) is 6.25. The largest absolute Gasteiger partial charge is 0.393 e. The molecule has 3 nitrogen and oxygen atoms in total. The van der Waals surface area contributed by atoms with Crippen LogP contribution in [0.3, 0.4) is 0 Å². The van der Waals surface area contributed by atoms with Crippen LogP contribution in [0.25, 0.3) is 0 Å². The predicted molar refractivity (Wildman–Crippen MR) is 90.6 cm³/mol. The van der Waals surface area contributed by atoms with E-state index in [1.165, 1.54) is 6.07 Å². The Morgan fingerprint density at radius 3 is 2.58 bits per heavy atom. The molecule has 5 heteroatoms. The minimum absolute atomic E-state index is 0.189. The van der Waals surface area contributed by atoms with Gasteiger partial charge in [0.05, 0.1) is 6.10 Å². The molecular formula is C19H22F2N2O. The second kappa shape index (κ2) is 7.73. The molecule has 0 aromatic heterocycles. The van der Waals surface area contributed by atoms with Crippen molar-refractivity contribution in [3.05, 3.63) is 65.2 Å². The first-order chi connectivity index (χ1) is 11.6. The summed E-state index contributed by atoms with van der Waals surface area (Å²) in [5.41, 5.74) is 2.35. The van der Waals surface area contributed by atoms with Crippen molar-refractivity contribution >= 4 is 5.69 Å². The zero-order valence-electron chi connectivity index (χ0n) is 13.5. The number of likely N-dealkylation sites (tertiary alicyclic amines) is 1. The summed E-state index contributed by atoms with van der Waals surface area (Å²) in [7, 11) is 0. The van der Waals surface area contributed by atoms with Crippen LogP contribution < -0.4 is 5.32 Å². The molecule has 24 heavy (non-hydrogen) atoms. The Labute approximate surface area is 140 Å². The standard InChI is InChI=1S/C19H22F2N2O/c20-16-5-6-18(21)15(11-16)12-22-19-4-2-1-3-14(19)13-23-9-7-17(24)8-10-23/h1-6,11,17,22,24H,7-10,12-13H2. The summed E-state index contributed by atoms with van der Waals surface area (Å²) in [5.74, 6) is -0.847. The van der Waals surface area contributed by atoms with Crippen molar-refractivity contribution in [3.63, 3.8) is 0 Å². The fourth-order valence-corrected chi connectivity index (χ4v) is 3.02. The van der Waals surface area contributed by atoms with Crippen LogP contribution in [0.15, 0.2) is 42.5 Å². The van der Waals surface area contributed by atoms with Crippen molar-refractivity contribution < 1.29 is 13.9 Å². The molecule has 1 heterocycles. The first-order valence-electron chi connectivity index (χ1n) is 8.28. The lowest BCUT2D eigenvalue weighted by Crippen LogP contribution is -2.35. The average molecular weight is 332 g/mol. The maximum atomic E-state index is 13.7.